The number of β-amino-alcohol motifs (C(OH)–C–C–N with tert-alkyl or cyclic N) is 1. The minimum atomic E-state index is -0.660. The van der Waals surface area contributed by atoms with Crippen LogP contribution in [0.15, 0.2) is 21.2 Å². The van der Waals surface area contributed by atoms with E-state index in [1.807, 2.05) is 30.9 Å². The summed E-state index contributed by atoms with van der Waals surface area (Å²) in [5.41, 5.74) is 9.46. The molecule has 4 heterocycles. The number of pyridine rings is 2. The SMILES string of the molecule is Cc1nc2nonc2c(N)c1Cc1ccc(Br)c(N2CC(C)(O)C2)n1. The first-order chi connectivity index (χ1) is 11.8. The highest BCUT2D eigenvalue weighted by Crippen LogP contribution is 2.33. The van der Waals surface area contributed by atoms with E-state index >= 15 is 0 Å². The van der Waals surface area contributed by atoms with E-state index in [9.17, 15) is 5.11 Å². The van der Waals surface area contributed by atoms with Gasteiger partial charge in [0, 0.05) is 36.5 Å². The van der Waals surface area contributed by atoms with Gasteiger partial charge >= 0.3 is 0 Å². The fourth-order valence-corrected chi connectivity index (χ4v) is 3.58. The molecule has 1 aliphatic heterocycles. The second-order valence-electron chi connectivity index (χ2n) is 6.66. The van der Waals surface area contributed by atoms with Crippen molar-refractivity contribution in [1.82, 2.24) is 20.3 Å². The van der Waals surface area contributed by atoms with E-state index in [2.05, 4.69) is 31.2 Å². The fourth-order valence-electron chi connectivity index (χ4n) is 3.11. The highest BCUT2D eigenvalue weighted by molar-refractivity contribution is 9.10. The molecule has 0 bridgehead atoms. The van der Waals surface area contributed by atoms with Crippen molar-refractivity contribution in [3.63, 3.8) is 0 Å². The third-order valence-electron chi connectivity index (χ3n) is 4.37. The Balaban J connectivity index is 1.68. The molecule has 0 aliphatic carbocycles. The molecule has 4 rings (SSSR count). The van der Waals surface area contributed by atoms with Crippen LogP contribution in [0.3, 0.4) is 0 Å². The zero-order chi connectivity index (χ0) is 17.8. The molecule has 0 aromatic carbocycles. The van der Waals surface area contributed by atoms with E-state index in [1.165, 1.54) is 0 Å². The standard InChI is InChI=1S/C16H17BrN6O2/c1-8-10(12(18)13-14(19-8)22-25-21-13)5-9-3-4-11(17)15(20-9)23-6-16(2,24)7-23/h3-4,24H,5-7,18H2,1-2H3. The Morgan fingerprint density at radius 1 is 1.32 bits per heavy atom. The smallest absolute Gasteiger partial charge is 0.226 e. The molecule has 9 heteroatoms. The van der Waals surface area contributed by atoms with Gasteiger partial charge in [-0.25, -0.2) is 14.6 Å². The van der Waals surface area contributed by atoms with Gasteiger partial charge in [-0.1, -0.05) is 0 Å². The van der Waals surface area contributed by atoms with E-state index in [0.717, 1.165) is 27.2 Å². The first-order valence-electron chi connectivity index (χ1n) is 7.84. The van der Waals surface area contributed by atoms with Crippen LogP contribution in [0.5, 0.6) is 0 Å². The Labute approximate surface area is 152 Å². The summed E-state index contributed by atoms with van der Waals surface area (Å²) in [6, 6.07) is 3.90. The number of fused-ring (bicyclic) bond motifs is 1. The van der Waals surface area contributed by atoms with Gasteiger partial charge in [0.15, 0.2) is 5.52 Å². The minimum absolute atomic E-state index is 0.408. The van der Waals surface area contributed by atoms with Crippen LogP contribution in [0.4, 0.5) is 11.5 Å². The number of aliphatic hydroxyl groups is 1. The summed E-state index contributed by atoms with van der Waals surface area (Å²) in [6.45, 7) is 4.81. The van der Waals surface area contributed by atoms with Crippen LogP contribution in [0.2, 0.25) is 0 Å². The van der Waals surface area contributed by atoms with Crippen molar-refractivity contribution in [3.8, 4) is 0 Å². The largest absolute Gasteiger partial charge is 0.396 e. The molecule has 25 heavy (non-hydrogen) atoms. The Hall–Kier alpha value is -2.26. The van der Waals surface area contributed by atoms with Gasteiger partial charge in [0.2, 0.25) is 5.65 Å². The predicted molar refractivity (Wildman–Crippen MR) is 96.3 cm³/mol. The number of hydrogen-bond acceptors (Lipinski definition) is 8. The number of nitrogens with two attached hydrogens (primary N) is 1. The van der Waals surface area contributed by atoms with Crippen molar-refractivity contribution in [2.75, 3.05) is 23.7 Å². The normalized spacial score (nSPS) is 16.2. The average Bonchev–Trinajstić information content (AvgIpc) is 2.99. The summed E-state index contributed by atoms with van der Waals surface area (Å²) in [7, 11) is 0. The minimum Gasteiger partial charge on any atom is -0.396 e. The van der Waals surface area contributed by atoms with Crippen molar-refractivity contribution in [2.24, 2.45) is 0 Å². The monoisotopic (exact) mass is 404 g/mol. The van der Waals surface area contributed by atoms with Crippen LogP contribution >= 0.6 is 15.9 Å². The third-order valence-corrected chi connectivity index (χ3v) is 4.99. The van der Waals surface area contributed by atoms with E-state index in [-0.39, 0.29) is 0 Å². The Morgan fingerprint density at radius 2 is 2.08 bits per heavy atom. The summed E-state index contributed by atoms with van der Waals surface area (Å²) < 4.78 is 5.61. The van der Waals surface area contributed by atoms with Crippen LogP contribution in [-0.2, 0) is 6.42 Å². The molecule has 0 spiro atoms. The fraction of sp³-hybridized carbons (Fsp3) is 0.375. The van der Waals surface area contributed by atoms with Gasteiger partial charge in [-0.05, 0) is 52.2 Å². The Morgan fingerprint density at radius 3 is 2.80 bits per heavy atom. The molecule has 0 radical (unpaired) electrons. The maximum atomic E-state index is 9.96. The van der Waals surface area contributed by atoms with Gasteiger partial charge in [-0.2, -0.15) is 0 Å². The average molecular weight is 405 g/mol. The third kappa shape index (κ3) is 2.83. The Bertz CT molecular complexity index is 963. The van der Waals surface area contributed by atoms with Crippen LogP contribution in [0.25, 0.3) is 11.2 Å². The number of aryl methyl sites for hydroxylation is 1. The van der Waals surface area contributed by atoms with Crippen LogP contribution in [0.1, 0.15) is 23.9 Å². The van der Waals surface area contributed by atoms with Crippen molar-refractivity contribution >= 4 is 38.6 Å². The molecule has 130 valence electrons. The molecule has 0 atom stereocenters. The molecule has 1 aliphatic rings. The molecule has 3 N–H and O–H groups in total. The van der Waals surface area contributed by atoms with Crippen molar-refractivity contribution < 1.29 is 9.74 Å². The maximum absolute atomic E-state index is 9.96. The number of rotatable bonds is 3. The topological polar surface area (TPSA) is 114 Å². The van der Waals surface area contributed by atoms with E-state index < -0.39 is 5.60 Å². The molecule has 1 fully saturated rings. The zero-order valence-electron chi connectivity index (χ0n) is 13.8. The lowest BCUT2D eigenvalue weighted by atomic mass is 9.97. The lowest BCUT2D eigenvalue weighted by molar-refractivity contribution is 0.0304. The highest BCUT2D eigenvalue weighted by Gasteiger charge is 2.38. The van der Waals surface area contributed by atoms with Gasteiger partial charge in [0.05, 0.1) is 15.8 Å². The second kappa shape index (κ2) is 5.63. The van der Waals surface area contributed by atoms with Crippen LogP contribution < -0.4 is 10.6 Å². The quantitative estimate of drug-likeness (QED) is 0.679. The molecule has 3 aromatic rings. The lowest BCUT2D eigenvalue weighted by Gasteiger charge is -2.45. The lowest BCUT2D eigenvalue weighted by Crippen LogP contribution is -2.60. The molecular formula is C16H17BrN6O2. The van der Waals surface area contributed by atoms with Gasteiger partial charge in [-0.3, -0.25) is 0 Å². The van der Waals surface area contributed by atoms with Crippen molar-refractivity contribution in [1.29, 1.82) is 0 Å². The summed E-state index contributed by atoms with van der Waals surface area (Å²) in [5.74, 6) is 0.817. The van der Waals surface area contributed by atoms with Crippen molar-refractivity contribution in [2.45, 2.75) is 25.9 Å². The summed E-state index contributed by atoms with van der Waals surface area (Å²) in [6.07, 6.45) is 0.526. The first-order valence-corrected chi connectivity index (χ1v) is 8.63. The van der Waals surface area contributed by atoms with E-state index in [1.54, 1.807) is 0 Å². The summed E-state index contributed by atoms with van der Waals surface area (Å²) in [5, 5.41) is 17.5. The predicted octanol–water partition coefficient (Wildman–Crippen LogP) is 1.83. The van der Waals surface area contributed by atoms with Crippen molar-refractivity contribution in [3.05, 3.63) is 33.6 Å². The molecule has 3 aromatic heterocycles. The van der Waals surface area contributed by atoms with Gasteiger partial charge in [0.25, 0.3) is 0 Å². The maximum Gasteiger partial charge on any atom is 0.226 e. The van der Waals surface area contributed by atoms with Gasteiger partial charge in [0.1, 0.15) is 5.82 Å². The second-order valence-corrected chi connectivity index (χ2v) is 7.52. The number of halogens is 1. The Kier molecular flexibility index (Phi) is 3.66. The molecule has 8 nitrogen and oxygen atoms in total. The number of nitrogens with zero attached hydrogens (tertiary/aromatic N) is 5. The molecule has 0 saturated carbocycles. The first kappa shape index (κ1) is 16.2. The van der Waals surface area contributed by atoms with E-state index in [0.29, 0.717) is 36.4 Å². The molecule has 0 unspecified atom stereocenters. The number of hydrogen-bond donors (Lipinski definition) is 2. The summed E-state index contributed by atoms with van der Waals surface area (Å²) in [4.78, 5) is 11.2. The van der Waals surface area contributed by atoms with Crippen LogP contribution in [0, 0.1) is 6.92 Å². The number of anilines is 2. The zero-order valence-corrected chi connectivity index (χ0v) is 15.4. The number of nitrogen functional groups attached to an aromatic ring is 1. The number of aromatic nitrogens is 4. The highest BCUT2D eigenvalue weighted by atomic mass is 79.9. The van der Waals surface area contributed by atoms with Gasteiger partial charge < -0.3 is 15.7 Å². The van der Waals surface area contributed by atoms with Crippen LogP contribution in [-0.4, -0.2) is 44.1 Å². The van der Waals surface area contributed by atoms with Gasteiger partial charge in [-0.15, -0.1) is 0 Å². The molecule has 0 amide bonds. The molecular weight excluding hydrogens is 388 g/mol. The molecule has 1 saturated heterocycles. The van der Waals surface area contributed by atoms with E-state index in [4.69, 9.17) is 15.3 Å². The summed E-state index contributed by atoms with van der Waals surface area (Å²) >= 11 is 3.53.